The first-order valence-corrected chi connectivity index (χ1v) is 8.58. The summed E-state index contributed by atoms with van der Waals surface area (Å²) in [6, 6.07) is 4.37. The highest BCUT2D eigenvalue weighted by Gasteiger charge is 2.48. The highest BCUT2D eigenvalue weighted by molar-refractivity contribution is 7.91. The van der Waals surface area contributed by atoms with Crippen LogP contribution in [0.5, 0.6) is 0 Å². The van der Waals surface area contributed by atoms with Crippen LogP contribution >= 0.6 is 0 Å². The van der Waals surface area contributed by atoms with E-state index in [4.69, 9.17) is 4.78 Å². The van der Waals surface area contributed by atoms with Gasteiger partial charge in [0.2, 0.25) is 0 Å². The molecular formula is C14H19FN2OS. The Hall–Kier alpha value is -0.940. The molecule has 0 amide bonds. The second-order valence-electron chi connectivity index (χ2n) is 6.18. The largest absolute Gasteiger partial charge is 0.316 e. The Labute approximate surface area is 113 Å². The van der Waals surface area contributed by atoms with Gasteiger partial charge in [0.25, 0.3) is 0 Å². The van der Waals surface area contributed by atoms with Crippen LogP contribution in [0.3, 0.4) is 0 Å². The smallest absolute Gasteiger partial charge is 0.124 e. The standard InChI is InChI=1S/C14H19FN2OS/c1-19(16,18)13-5-12(15)3-2-11(13)4-10-6-14(7-10)8-17-9-14/h2-3,5,10,16-17H,4,6-9H2,1H3. The SMILES string of the molecule is CS(=N)(=O)c1cc(F)ccc1CC1CC2(CNC2)C1. The van der Waals surface area contributed by atoms with E-state index >= 15 is 0 Å². The van der Waals surface area contributed by atoms with E-state index in [9.17, 15) is 8.60 Å². The van der Waals surface area contributed by atoms with Gasteiger partial charge in [-0.15, -0.1) is 0 Å². The van der Waals surface area contributed by atoms with Crippen molar-refractivity contribution < 1.29 is 8.60 Å². The normalized spacial score (nSPS) is 24.5. The highest BCUT2D eigenvalue weighted by atomic mass is 32.2. The van der Waals surface area contributed by atoms with E-state index in [0.29, 0.717) is 16.2 Å². The van der Waals surface area contributed by atoms with Gasteiger partial charge in [-0.05, 0) is 48.3 Å². The maximum atomic E-state index is 13.3. The average Bonchev–Trinajstić information content (AvgIpc) is 2.20. The lowest BCUT2D eigenvalue weighted by Crippen LogP contribution is -2.60. The minimum Gasteiger partial charge on any atom is -0.316 e. The monoisotopic (exact) mass is 282 g/mol. The van der Waals surface area contributed by atoms with Crippen LogP contribution in [0.4, 0.5) is 4.39 Å². The molecule has 2 aliphatic rings. The van der Waals surface area contributed by atoms with Gasteiger partial charge in [0.1, 0.15) is 5.82 Å². The predicted octanol–water partition coefficient (Wildman–Crippen LogP) is 2.40. The van der Waals surface area contributed by atoms with E-state index in [2.05, 4.69) is 5.32 Å². The first-order valence-electron chi connectivity index (χ1n) is 6.61. The fourth-order valence-corrected chi connectivity index (χ4v) is 4.44. The van der Waals surface area contributed by atoms with Gasteiger partial charge in [0.05, 0.1) is 14.6 Å². The molecule has 1 aromatic rings. The molecule has 3 rings (SSSR count). The molecule has 5 heteroatoms. The molecule has 1 saturated heterocycles. The fraction of sp³-hybridized carbons (Fsp3) is 0.571. The van der Waals surface area contributed by atoms with Crippen molar-refractivity contribution in [2.24, 2.45) is 11.3 Å². The number of halogens is 1. The van der Waals surface area contributed by atoms with Crippen LogP contribution in [-0.2, 0) is 16.1 Å². The summed E-state index contributed by atoms with van der Waals surface area (Å²) in [5.41, 5.74) is 1.40. The van der Waals surface area contributed by atoms with E-state index < -0.39 is 15.5 Å². The lowest BCUT2D eigenvalue weighted by Gasteiger charge is -2.54. The van der Waals surface area contributed by atoms with E-state index in [1.807, 2.05) is 0 Å². The van der Waals surface area contributed by atoms with Gasteiger partial charge in [-0.1, -0.05) is 6.07 Å². The Balaban J connectivity index is 1.78. The summed E-state index contributed by atoms with van der Waals surface area (Å²) in [4.78, 5) is 0.375. The van der Waals surface area contributed by atoms with E-state index in [-0.39, 0.29) is 0 Å². The second-order valence-corrected chi connectivity index (χ2v) is 8.30. The van der Waals surface area contributed by atoms with Gasteiger partial charge in [-0.25, -0.2) is 13.4 Å². The Kier molecular flexibility index (Phi) is 2.94. The van der Waals surface area contributed by atoms with Crippen LogP contribution in [0.1, 0.15) is 18.4 Å². The molecule has 19 heavy (non-hydrogen) atoms. The Morgan fingerprint density at radius 3 is 2.68 bits per heavy atom. The Bertz CT molecular complexity index is 600. The zero-order valence-electron chi connectivity index (χ0n) is 11.0. The number of benzene rings is 1. The number of nitrogens with one attached hydrogen (secondary N) is 2. The first-order chi connectivity index (χ1) is 8.88. The summed E-state index contributed by atoms with van der Waals surface area (Å²) in [5, 5.41) is 3.31. The van der Waals surface area contributed by atoms with Gasteiger partial charge in [0, 0.05) is 19.3 Å². The van der Waals surface area contributed by atoms with Crippen molar-refractivity contribution in [2.75, 3.05) is 19.3 Å². The third kappa shape index (κ3) is 2.41. The Morgan fingerprint density at radius 2 is 2.16 bits per heavy atom. The molecule has 104 valence electrons. The molecule has 1 atom stereocenters. The fourth-order valence-electron chi connectivity index (χ4n) is 3.45. The van der Waals surface area contributed by atoms with Crippen molar-refractivity contribution in [2.45, 2.75) is 24.2 Å². The summed E-state index contributed by atoms with van der Waals surface area (Å²) in [6.45, 7) is 2.23. The Morgan fingerprint density at radius 1 is 1.47 bits per heavy atom. The minimum absolute atomic E-state index is 0.375. The van der Waals surface area contributed by atoms with Crippen molar-refractivity contribution >= 4 is 9.73 Å². The van der Waals surface area contributed by atoms with Crippen LogP contribution in [0, 0.1) is 21.9 Å². The molecule has 2 N–H and O–H groups in total. The molecule has 1 unspecified atom stereocenters. The molecule has 1 heterocycles. The second kappa shape index (κ2) is 4.28. The van der Waals surface area contributed by atoms with Gasteiger partial charge in [0.15, 0.2) is 0 Å². The molecule has 1 aliphatic heterocycles. The van der Waals surface area contributed by atoms with E-state index in [1.165, 1.54) is 31.2 Å². The average molecular weight is 282 g/mol. The lowest BCUT2D eigenvalue weighted by molar-refractivity contribution is 0.000634. The number of hydrogen-bond donors (Lipinski definition) is 2. The van der Waals surface area contributed by atoms with Crippen molar-refractivity contribution in [1.82, 2.24) is 5.32 Å². The van der Waals surface area contributed by atoms with E-state index in [0.717, 1.165) is 25.1 Å². The van der Waals surface area contributed by atoms with Crippen molar-refractivity contribution in [3.8, 4) is 0 Å². The first kappa shape index (κ1) is 13.1. The van der Waals surface area contributed by atoms with Gasteiger partial charge in [-0.3, -0.25) is 0 Å². The molecule has 0 aromatic heterocycles. The van der Waals surface area contributed by atoms with Crippen LogP contribution in [0.25, 0.3) is 0 Å². The highest BCUT2D eigenvalue weighted by Crippen LogP contribution is 2.49. The zero-order chi connectivity index (χ0) is 13.7. The third-order valence-corrected chi connectivity index (χ3v) is 5.62. The maximum Gasteiger partial charge on any atom is 0.124 e. The van der Waals surface area contributed by atoms with Gasteiger partial charge < -0.3 is 5.32 Å². The van der Waals surface area contributed by atoms with Crippen LogP contribution in [0.15, 0.2) is 23.1 Å². The molecule has 1 spiro atoms. The molecular weight excluding hydrogens is 263 g/mol. The summed E-state index contributed by atoms with van der Waals surface area (Å²) < 4.78 is 32.9. The lowest BCUT2D eigenvalue weighted by atomic mass is 9.57. The van der Waals surface area contributed by atoms with Crippen molar-refractivity contribution in [3.63, 3.8) is 0 Å². The maximum absolute atomic E-state index is 13.3. The molecule has 1 saturated carbocycles. The summed E-state index contributed by atoms with van der Waals surface area (Å²) in [7, 11) is -2.86. The molecule has 2 fully saturated rings. The predicted molar refractivity (Wildman–Crippen MR) is 73.2 cm³/mol. The number of rotatable bonds is 3. The number of hydrogen-bond acceptors (Lipinski definition) is 3. The van der Waals surface area contributed by atoms with Crippen molar-refractivity contribution in [1.29, 1.82) is 4.78 Å². The van der Waals surface area contributed by atoms with Crippen molar-refractivity contribution in [3.05, 3.63) is 29.6 Å². The third-order valence-electron chi connectivity index (χ3n) is 4.40. The molecule has 0 radical (unpaired) electrons. The zero-order valence-corrected chi connectivity index (χ0v) is 11.9. The topological polar surface area (TPSA) is 53.0 Å². The minimum atomic E-state index is -2.86. The van der Waals surface area contributed by atoms with Gasteiger partial charge in [-0.2, -0.15) is 0 Å². The summed E-state index contributed by atoms with van der Waals surface area (Å²) in [6.07, 6.45) is 4.57. The quantitative estimate of drug-likeness (QED) is 0.894. The van der Waals surface area contributed by atoms with Crippen LogP contribution in [-0.4, -0.2) is 23.6 Å². The molecule has 3 nitrogen and oxygen atoms in total. The summed E-state index contributed by atoms with van der Waals surface area (Å²) >= 11 is 0. The van der Waals surface area contributed by atoms with E-state index in [1.54, 1.807) is 6.07 Å². The molecule has 1 aromatic carbocycles. The summed E-state index contributed by atoms with van der Waals surface area (Å²) in [5.74, 6) is 0.182. The van der Waals surface area contributed by atoms with Gasteiger partial charge >= 0.3 is 0 Å². The molecule has 0 bridgehead atoms. The molecule has 1 aliphatic carbocycles. The van der Waals surface area contributed by atoms with Crippen LogP contribution < -0.4 is 5.32 Å². The van der Waals surface area contributed by atoms with Crippen LogP contribution in [0.2, 0.25) is 0 Å².